The first kappa shape index (κ1) is 19.3. The van der Waals surface area contributed by atoms with Crippen molar-refractivity contribution in [2.45, 2.75) is 26.4 Å². The third kappa shape index (κ3) is 5.83. The maximum atomic E-state index is 11.9. The molecule has 24 heavy (non-hydrogen) atoms. The Morgan fingerprint density at radius 1 is 1.04 bits per heavy atom. The van der Waals surface area contributed by atoms with Gasteiger partial charge in [0.25, 0.3) is 0 Å². The number of nitrogens with one attached hydrogen (secondary N) is 1. The minimum atomic E-state index is -0.750. The molecule has 0 fully saturated rings. The lowest BCUT2D eigenvalue weighted by Crippen LogP contribution is -2.34. The van der Waals surface area contributed by atoms with Gasteiger partial charge in [0.15, 0.2) is 11.5 Å². The molecule has 0 unspecified atom stereocenters. The van der Waals surface area contributed by atoms with Crippen molar-refractivity contribution in [3.05, 3.63) is 29.5 Å². The van der Waals surface area contributed by atoms with Gasteiger partial charge < -0.3 is 18.9 Å². The number of carbonyl (C=O) groups excluding carboxylic acids is 2. The number of amides is 1. The van der Waals surface area contributed by atoms with E-state index in [9.17, 15) is 9.59 Å². The molecule has 1 rings (SSSR count). The Balaban J connectivity index is 3.10. The van der Waals surface area contributed by atoms with E-state index in [0.717, 1.165) is 0 Å². The van der Waals surface area contributed by atoms with Crippen LogP contribution in [0.2, 0.25) is 0 Å². The van der Waals surface area contributed by atoms with Gasteiger partial charge in [0, 0.05) is 0 Å². The Labute approximate surface area is 141 Å². The molecule has 0 aliphatic heterocycles. The van der Waals surface area contributed by atoms with Gasteiger partial charge in [0.2, 0.25) is 0 Å². The van der Waals surface area contributed by atoms with E-state index in [2.05, 4.69) is 10.1 Å². The molecular weight excluding hydrogens is 314 g/mol. The van der Waals surface area contributed by atoms with E-state index in [-0.39, 0.29) is 5.70 Å². The van der Waals surface area contributed by atoms with E-state index in [1.54, 1.807) is 39.0 Å². The number of hydrogen-bond acceptors (Lipinski definition) is 6. The lowest BCUT2D eigenvalue weighted by atomic mass is 10.1. The van der Waals surface area contributed by atoms with E-state index in [0.29, 0.717) is 17.1 Å². The van der Waals surface area contributed by atoms with Gasteiger partial charge in [-0.05, 0) is 44.5 Å². The predicted octanol–water partition coefficient (Wildman–Crippen LogP) is 2.74. The minimum Gasteiger partial charge on any atom is -0.493 e. The van der Waals surface area contributed by atoms with Gasteiger partial charge in [-0.1, -0.05) is 6.07 Å². The van der Waals surface area contributed by atoms with Gasteiger partial charge in [-0.15, -0.1) is 0 Å². The molecule has 1 amide bonds. The van der Waals surface area contributed by atoms with Crippen LogP contribution in [0.25, 0.3) is 6.08 Å². The number of alkyl carbamates (subject to hydrolysis) is 1. The summed E-state index contributed by atoms with van der Waals surface area (Å²) in [5.41, 5.74) is -0.127. The van der Waals surface area contributed by atoms with Crippen LogP contribution in [0.1, 0.15) is 26.3 Å². The summed E-state index contributed by atoms with van der Waals surface area (Å²) in [6, 6.07) is 5.06. The lowest BCUT2D eigenvalue weighted by Gasteiger charge is -2.20. The fourth-order valence-electron chi connectivity index (χ4n) is 1.78. The van der Waals surface area contributed by atoms with Gasteiger partial charge in [0.05, 0.1) is 21.3 Å². The maximum absolute atomic E-state index is 11.9. The van der Waals surface area contributed by atoms with Crippen LogP contribution >= 0.6 is 0 Å². The first-order chi connectivity index (χ1) is 11.2. The molecule has 0 saturated heterocycles. The molecule has 0 aromatic heterocycles. The van der Waals surface area contributed by atoms with Gasteiger partial charge in [-0.3, -0.25) is 5.32 Å². The van der Waals surface area contributed by atoms with Crippen LogP contribution in [-0.2, 0) is 14.3 Å². The minimum absolute atomic E-state index is 0.0565. The van der Waals surface area contributed by atoms with Crippen molar-refractivity contribution in [3.8, 4) is 11.5 Å². The molecule has 0 aliphatic rings. The van der Waals surface area contributed by atoms with Crippen LogP contribution in [0.15, 0.2) is 23.9 Å². The first-order valence-corrected chi connectivity index (χ1v) is 7.22. The van der Waals surface area contributed by atoms with Crippen LogP contribution in [-0.4, -0.2) is 39.0 Å². The van der Waals surface area contributed by atoms with Crippen molar-refractivity contribution < 1.29 is 28.5 Å². The molecule has 0 aliphatic carbocycles. The van der Waals surface area contributed by atoms with Crippen LogP contribution in [0, 0.1) is 0 Å². The third-order valence-electron chi connectivity index (χ3n) is 2.76. The van der Waals surface area contributed by atoms with Crippen LogP contribution in [0.3, 0.4) is 0 Å². The number of hydrogen-bond donors (Lipinski definition) is 1. The molecule has 7 nitrogen and oxygen atoms in total. The quantitative estimate of drug-likeness (QED) is 0.657. The second kappa shape index (κ2) is 8.24. The summed E-state index contributed by atoms with van der Waals surface area (Å²) in [5, 5.41) is 2.39. The highest BCUT2D eigenvalue weighted by molar-refractivity contribution is 5.96. The number of esters is 1. The van der Waals surface area contributed by atoms with Crippen LogP contribution in [0.4, 0.5) is 4.79 Å². The molecule has 0 atom stereocenters. The van der Waals surface area contributed by atoms with Crippen molar-refractivity contribution in [2.75, 3.05) is 21.3 Å². The average Bonchev–Trinajstić information content (AvgIpc) is 2.51. The van der Waals surface area contributed by atoms with Crippen molar-refractivity contribution >= 4 is 18.1 Å². The standard InChI is InChI=1S/C17H23NO6/c1-17(2,3)24-16(20)18-12(15(19)23-6)9-11-7-8-13(21-4)14(10-11)22-5/h7-10H,1-6H3,(H,18,20)/b12-9+. The Morgan fingerprint density at radius 2 is 1.67 bits per heavy atom. The highest BCUT2D eigenvalue weighted by Crippen LogP contribution is 2.28. The monoisotopic (exact) mass is 337 g/mol. The number of methoxy groups -OCH3 is 3. The number of benzene rings is 1. The highest BCUT2D eigenvalue weighted by Gasteiger charge is 2.20. The average molecular weight is 337 g/mol. The largest absolute Gasteiger partial charge is 0.493 e. The molecule has 0 bridgehead atoms. The number of rotatable bonds is 5. The van der Waals surface area contributed by atoms with E-state index in [1.807, 2.05) is 0 Å². The van der Waals surface area contributed by atoms with Gasteiger partial charge >= 0.3 is 12.1 Å². The SMILES string of the molecule is COC(=O)/C(=C\c1ccc(OC)c(OC)c1)NC(=O)OC(C)(C)C. The molecule has 0 radical (unpaired) electrons. The molecule has 0 heterocycles. The molecule has 7 heteroatoms. The summed E-state index contributed by atoms with van der Waals surface area (Å²) >= 11 is 0. The Hall–Kier alpha value is -2.70. The Kier molecular flexibility index (Phi) is 6.64. The Morgan fingerprint density at radius 3 is 2.17 bits per heavy atom. The van der Waals surface area contributed by atoms with Gasteiger partial charge in [-0.2, -0.15) is 0 Å². The number of carbonyl (C=O) groups is 2. The molecule has 0 spiro atoms. The van der Waals surface area contributed by atoms with Crippen molar-refractivity contribution in [3.63, 3.8) is 0 Å². The van der Waals surface area contributed by atoms with Crippen LogP contribution < -0.4 is 14.8 Å². The normalized spacial score (nSPS) is 11.5. The van der Waals surface area contributed by atoms with Crippen molar-refractivity contribution in [1.29, 1.82) is 0 Å². The molecule has 1 aromatic rings. The van der Waals surface area contributed by atoms with Crippen LogP contribution in [0.5, 0.6) is 11.5 Å². The number of ether oxygens (including phenoxy) is 4. The fraction of sp³-hybridized carbons (Fsp3) is 0.412. The molecule has 1 N–H and O–H groups in total. The summed E-state index contributed by atoms with van der Waals surface area (Å²) in [5.74, 6) is 0.345. The van der Waals surface area contributed by atoms with E-state index < -0.39 is 17.7 Å². The fourth-order valence-corrected chi connectivity index (χ4v) is 1.78. The van der Waals surface area contributed by atoms with E-state index in [4.69, 9.17) is 14.2 Å². The smallest absolute Gasteiger partial charge is 0.412 e. The van der Waals surface area contributed by atoms with E-state index in [1.165, 1.54) is 27.4 Å². The third-order valence-corrected chi connectivity index (χ3v) is 2.76. The first-order valence-electron chi connectivity index (χ1n) is 7.22. The zero-order chi connectivity index (χ0) is 18.3. The molecule has 1 aromatic carbocycles. The van der Waals surface area contributed by atoms with Crippen molar-refractivity contribution in [2.24, 2.45) is 0 Å². The molecule has 0 saturated carbocycles. The predicted molar refractivity (Wildman–Crippen MR) is 88.9 cm³/mol. The highest BCUT2D eigenvalue weighted by atomic mass is 16.6. The summed E-state index contributed by atoms with van der Waals surface area (Å²) in [6.45, 7) is 5.17. The summed E-state index contributed by atoms with van der Waals surface area (Å²) < 4.78 is 20.2. The zero-order valence-corrected chi connectivity index (χ0v) is 14.8. The van der Waals surface area contributed by atoms with Crippen molar-refractivity contribution in [1.82, 2.24) is 5.32 Å². The van der Waals surface area contributed by atoms with E-state index >= 15 is 0 Å². The zero-order valence-electron chi connectivity index (χ0n) is 14.8. The summed E-state index contributed by atoms with van der Waals surface area (Å²) in [6.07, 6.45) is 0.706. The topological polar surface area (TPSA) is 83.1 Å². The molecular formula is C17H23NO6. The van der Waals surface area contributed by atoms with Gasteiger partial charge in [-0.25, -0.2) is 9.59 Å². The summed E-state index contributed by atoms with van der Waals surface area (Å²) in [7, 11) is 4.25. The second-order valence-electron chi connectivity index (χ2n) is 5.79. The Bertz CT molecular complexity index is 630. The second-order valence-corrected chi connectivity index (χ2v) is 5.79. The molecule has 132 valence electrons. The lowest BCUT2D eigenvalue weighted by molar-refractivity contribution is -0.136. The van der Waals surface area contributed by atoms with Gasteiger partial charge in [0.1, 0.15) is 11.3 Å². The summed E-state index contributed by atoms with van der Waals surface area (Å²) in [4.78, 5) is 23.8. The maximum Gasteiger partial charge on any atom is 0.412 e.